The molecule has 9 nitrogen and oxygen atoms in total. The first kappa shape index (κ1) is 17.0. The Morgan fingerprint density at radius 3 is 2.70 bits per heavy atom. The van der Waals surface area contributed by atoms with Gasteiger partial charge in [-0.3, -0.25) is 14.4 Å². The summed E-state index contributed by atoms with van der Waals surface area (Å²) >= 11 is 0. The van der Waals surface area contributed by atoms with E-state index in [-0.39, 0.29) is 18.3 Å². The number of carbonyl (C=O) groups excluding carboxylic acids is 2. The van der Waals surface area contributed by atoms with Crippen LogP contribution < -0.4 is 5.32 Å². The van der Waals surface area contributed by atoms with Gasteiger partial charge in [0.2, 0.25) is 5.89 Å². The van der Waals surface area contributed by atoms with Crippen LogP contribution in [-0.2, 0) is 30.3 Å². The topological polar surface area (TPSA) is 106 Å². The predicted molar refractivity (Wildman–Crippen MR) is 93.2 cm³/mol. The molecule has 3 aromatic rings. The molecule has 0 radical (unpaired) electrons. The average molecular weight is 366 g/mol. The van der Waals surface area contributed by atoms with Crippen LogP contribution in [0.3, 0.4) is 0 Å². The van der Waals surface area contributed by atoms with E-state index in [9.17, 15) is 9.59 Å². The smallest absolute Gasteiger partial charge is 0.325 e. The quantitative estimate of drug-likeness (QED) is 0.684. The summed E-state index contributed by atoms with van der Waals surface area (Å²) in [5, 5.41) is 10.7. The van der Waals surface area contributed by atoms with E-state index in [0.29, 0.717) is 17.8 Å². The Hall–Kier alpha value is -3.49. The van der Waals surface area contributed by atoms with Crippen LogP contribution in [0.25, 0.3) is 0 Å². The van der Waals surface area contributed by atoms with Crippen LogP contribution in [0.4, 0.5) is 4.79 Å². The first-order valence-corrected chi connectivity index (χ1v) is 8.44. The van der Waals surface area contributed by atoms with Crippen molar-refractivity contribution in [2.45, 2.75) is 25.4 Å². The lowest BCUT2D eigenvalue weighted by Gasteiger charge is -2.19. The lowest BCUT2D eigenvalue weighted by Crippen LogP contribution is -2.40. The van der Waals surface area contributed by atoms with Gasteiger partial charge in [0, 0.05) is 25.2 Å². The highest BCUT2D eigenvalue weighted by Gasteiger charge is 2.50. The number of urea groups is 1. The van der Waals surface area contributed by atoms with E-state index in [1.807, 2.05) is 30.3 Å². The van der Waals surface area contributed by atoms with Gasteiger partial charge in [0.1, 0.15) is 12.1 Å². The molecule has 0 saturated carbocycles. The molecule has 1 aromatic carbocycles. The summed E-state index contributed by atoms with van der Waals surface area (Å²) in [4.78, 5) is 30.6. The van der Waals surface area contributed by atoms with Gasteiger partial charge in [0.15, 0.2) is 5.82 Å². The van der Waals surface area contributed by atoms with Crippen molar-refractivity contribution in [3.05, 3.63) is 65.6 Å². The molecule has 0 aliphatic carbocycles. The first-order chi connectivity index (χ1) is 13.0. The maximum Gasteiger partial charge on any atom is 0.325 e. The highest BCUT2D eigenvalue weighted by Crippen LogP contribution is 2.29. The standard InChI is InChI=1S/C18H18N6O3/c1-18(13-9-19-23(2)10-13)16(25)24(17(26)21-18)11-15-20-14(22-27-15)8-12-6-4-3-5-7-12/h3-7,9-10H,8,11H2,1-2H3,(H,21,26). The third-order valence-corrected chi connectivity index (χ3v) is 4.57. The van der Waals surface area contributed by atoms with Gasteiger partial charge in [-0.25, -0.2) is 4.79 Å². The Labute approximate surface area is 155 Å². The molecule has 9 heteroatoms. The summed E-state index contributed by atoms with van der Waals surface area (Å²) in [6, 6.07) is 9.22. The van der Waals surface area contributed by atoms with Crippen molar-refractivity contribution in [2.75, 3.05) is 0 Å². The first-order valence-electron chi connectivity index (χ1n) is 8.44. The van der Waals surface area contributed by atoms with Crippen LogP contribution >= 0.6 is 0 Å². The minimum Gasteiger partial charge on any atom is -0.337 e. The van der Waals surface area contributed by atoms with E-state index in [4.69, 9.17) is 4.52 Å². The van der Waals surface area contributed by atoms with Gasteiger partial charge in [-0.15, -0.1) is 0 Å². The number of imide groups is 1. The molecule has 1 saturated heterocycles. The lowest BCUT2D eigenvalue weighted by atomic mass is 9.95. The monoisotopic (exact) mass is 366 g/mol. The summed E-state index contributed by atoms with van der Waals surface area (Å²) in [6.45, 7) is 1.57. The average Bonchev–Trinajstić information content (AvgIpc) is 3.33. The van der Waals surface area contributed by atoms with Crippen LogP contribution in [0.1, 0.15) is 29.8 Å². The number of amides is 3. The molecule has 1 unspecified atom stereocenters. The van der Waals surface area contributed by atoms with Crippen molar-refractivity contribution >= 4 is 11.9 Å². The minimum absolute atomic E-state index is 0.0810. The summed E-state index contributed by atoms with van der Waals surface area (Å²) in [5.74, 6) is 0.321. The number of benzene rings is 1. The van der Waals surface area contributed by atoms with Gasteiger partial charge < -0.3 is 9.84 Å². The zero-order valence-corrected chi connectivity index (χ0v) is 14.9. The van der Waals surface area contributed by atoms with E-state index >= 15 is 0 Å². The van der Waals surface area contributed by atoms with Crippen molar-refractivity contribution in [3.8, 4) is 0 Å². The molecule has 3 heterocycles. The van der Waals surface area contributed by atoms with Crippen LogP contribution in [0.2, 0.25) is 0 Å². The highest BCUT2D eigenvalue weighted by atomic mass is 16.5. The molecule has 138 valence electrons. The minimum atomic E-state index is -1.17. The molecule has 1 fully saturated rings. The number of nitrogens with zero attached hydrogens (tertiary/aromatic N) is 5. The van der Waals surface area contributed by atoms with Crippen LogP contribution in [0, 0.1) is 0 Å². The predicted octanol–water partition coefficient (Wildman–Crippen LogP) is 1.36. The van der Waals surface area contributed by atoms with Crippen LogP contribution in [0.15, 0.2) is 47.2 Å². The highest BCUT2D eigenvalue weighted by molar-refractivity contribution is 6.07. The molecule has 3 amide bonds. The van der Waals surface area contributed by atoms with Gasteiger partial charge >= 0.3 is 6.03 Å². The molecule has 2 aromatic heterocycles. The number of hydrogen-bond acceptors (Lipinski definition) is 6. The Bertz CT molecular complexity index is 995. The van der Waals surface area contributed by atoms with Crippen molar-refractivity contribution in [2.24, 2.45) is 7.05 Å². The van der Waals surface area contributed by atoms with Crippen molar-refractivity contribution < 1.29 is 14.1 Å². The zero-order chi connectivity index (χ0) is 19.0. The number of nitrogens with one attached hydrogen (secondary N) is 1. The summed E-state index contributed by atoms with van der Waals surface area (Å²) in [6.07, 6.45) is 3.77. The fraction of sp³-hybridized carbons (Fsp3) is 0.278. The number of aromatic nitrogens is 4. The number of carbonyl (C=O) groups is 2. The van der Waals surface area contributed by atoms with E-state index < -0.39 is 11.6 Å². The fourth-order valence-corrected chi connectivity index (χ4v) is 3.06. The second-order valence-electron chi connectivity index (χ2n) is 6.62. The summed E-state index contributed by atoms with van der Waals surface area (Å²) < 4.78 is 6.80. The van der Waals surface area contributed by atoms with Crippen LogP contribution in [-0.4, -0.2) is 36.8 Å². The van der Waals surface area contributed by atoms with Gasteiger partial charge in [-0.1, -0.05) is 35.5 Å². The Morgan fingerprint density at radius 2 is 2.00 bits per heavy atom. The number of hydrogen-bond donors (Lipinski definition) is 1. The summed E-state index contributed by atoms with van der Waals surface area (Å²) in [5.41, 5.74) is 0.489. The molecule has 0 bridgehead atoms. The Morgan fingerprint density at radius 1 is 1.22 bits per heavy atom. The van der Waals surface area contributed by atoms with E-state index in [2.05, 4.69) is 20.6 Å². The normalized spacial score (nSPS) is 19.6. The molecule has 1 atom stereocenters. The second kappa shape index (κ2) is 6.35. The number of aryl methyl sites for hydroxylation is 1. The third kappa shape index (κ3) is 3.07. The molecule has 1 aliphatic heterocycles. The molecule has 1 N–H and O–H groups in total. The Balaban J connectivity index is 1.50. The summed E-state index contributed by atoms with van der Waals surface area (Å²) in [7, 11) is 1.75. The van der Waals surface area contributed by atoms with Gasteiger partial charge in [0.05, 0.1) is 6.20 Å². The SMILES string of the molecule is Cn1cc(C2(C)NC(=O)N(Cc3nc(Cc4ccccc4)no3)C2=O)cn1. The van der Waals surface area contributed by atoms with Crippen molar-refractivity contribution in [3.63, 3.8) is 0 Å². The molecule has 1 aliphatic rings. The Kier molecular flexibility index (Phi) is 3.98. The van der Waals surface area contributed by atoms with Gasteiger partial charge in [-0.05, 0) is 12.5 Å². The van der Waals surface area contributed by atoms with Gasteiger partial charge in [-0.2, -0.15) is 10.1 Å². The maximum atomic E-state index is 12.9. The second-order valence-corrected chi connectivity index (χ2v) is 6.62. The van der Waals surface area contributed by atoms with E-state index in [1.165, 1.54) is 0 Å². The largest absolute Gasteiger partial charge is 0.337 e. The van der Waals surface area contributed by atoms with Crippen LogP contribution in [0.5, 0.6) is 0 Å². The lowest BCUT2D eigenvalue weighted by molar-refractivity contribution is -0.131. The van der Waals surface area contributed by atoms with Gasteiger partial charge in [0.25, 0.3) is 5.91 Å². The third-order valence-electron chi connectivity index (χ3n) is 4.57. The van der Waals surface area contributed by atoms with Crippen molar-refractivity contribution in [1.82, 2.24) is 30.1 Å². The molecule has 4 rings (SSSR count). The fourth-order valence-electron chi connectivity index (χ4n) is 3.06. The molecular formula is C18H18N6O3. The number of rotatable bonds is 5. The maximum absolute atomic E-state index is 12.9. The van der Waals surface area contributed by atoms with E-state index in [0.717, 1.165) is 10.5 Å². The molecular weight excluding hydrogens is 348 g/mol. The van der Waals surface area contributed by atoms with E-state index in [1.54, 1.807) is 31.0 Å². The van der Waals surface area contributed by atoms with Crippen molar-refractivity contribution in [1.29, 1.82) is 0 Å². The molecule has 27 heavy (non-hydrogen) atoms. The molecule has 0 spiro atoms. The zero-order valence-electron chi connectivity index (χ0n) is 14.9.